The van der Waals surface area contributed by atoms with Crippen molar-refractivity contribution in [3.8, 4) is 5.75 Å². The van der Waals surface area contributed by atoms with Gasteiger partial charge in [-0.25, -0.2) is 13.4 Å². The van der Waals surface area contributed by atoms with Gasteiger partial charge in [0.15, 0.2) is 0 Å². The molecule has 9 heteroatoms. The van der Waals surface area contributed by atoms with Crippen LogP contribution < -0.4 is 10.1 Å². The molecule has 1 saturated heterocycles. The molecule has 0 saturated carbocycles. The van der Waals surface area contributed by atoms with E-state index in [0.717, 1.165) is 16.9 Å². The van der Waals surface area contributed by atoms with Crippen LogP contribution in [0.25, 0.3) is 11.0 Å². The predicted octanol–water partition coefficient (Wildman–Crippen LogP) is 5.17. The van der Waals surface area contributed by atoms with Gasteiger partial charge in [-0.15, -0.1) is 0 Å². The fraction of sp³-hybridized carbons (Fsp3) is 0.286. The lowest BCUT2D eigenvalue weighted by Crippen LogP contribution is -2.38. The highest BCUT2D eigenvalue weighted by molar-refractivity contribution is 7.89. The molecule has 3 aromatic carbocycles. The van der Waals surface area contributed by atoms with Crippen LogP contribution in [0.5, 0.6) is 5.75 Å². The van der Waals surface area contributed by atoms with E-state index in [1.807, 2.05) is 38.1 Å². The van der Waals surface area contributed by atoms with Crippen molar-refractivity contribution in [2.24, 2.45) is 0 Å². The van der Waals surface area contributed by atoms with Crippen LogP contribution in [-0.4, -0.2) is 47.8 Å². The first kappa shape index (κ1) is 25.0. The molecule has 0 bridgehead atoms. The molecular formula is C28H30N4O4S. The number of piperidine rings is 1. The third-order valence-corrected chi connectivity index (χ3v) is 8.40. The van der Waals surface area contributed by atoms with E-state index < -0.39 is 10.0 Å². The van der Waals surface area contributed by atoms with Gasteiger partial charge in [0.2, 0.25) is 10.0 Å². The number of ether oxygens (including phenoxy) is 1. The van der Waals surface area contributed by atoms with E-state index in [9.17, 15) is 13.2 Å². The first-order valence-corrected chi connectivity index (χ1v) is 13.9. The molecule has 5 rings (SSSR count). The topological polar surface area (TPSA) is 104 Å². The minimum absolute atomic E-state index is 0.0531. The monoisotopic (exact) mass is 518 g/mol. The van der Waals surface area contributed by atoms with E-state index in [1.54, 1.807) is 36.4 Å². The zero-order valence-corrected chi connectivity index (χ0v) is 21.7. The van der Waals surface area contributed by atoms with Crippen molar-refractivity contribution in [3.05, 3.63) is 84.2 Å². The number of hydrogen-bond acceptors (Lipinski definition) is 5. The van der Waals surface area contributed by atoms with Gasteiger partial charge < -0.3 is 15.0 Å². The van der Waals surface area contributed by atoms with E-state index in [1.165, 1.54) is 16.4 Å². The Morgan fingerprint density at radius 1 is 1.00 bits per heavy atom. The Morgan fingerprint density at radius 2 is 1.68 bits per heavy atom. The van der Waals surface area contributed by atoms with E-state index in [-0.39, 0.29) is 22.8 Å². The minimum Gasteiger partial charge on any atom is -0.491 e. The maximum atomic E-state index is 13.2. The van der Waals surface area contributed by atoms with Gasteiger partial charge in [-0.1, -0.05) is 12.1 Å². The molecular weight excluding hydrogens is 488 g/mol. The van der Waals surface area contributed by atoms with Crippen LogP contribution >= 0.6 is 0 Å². The number of hydrogen-bond donors (Lipinski definition) is 2. The van der Waals surface area contributed by atoms with Crippen LogP contribution in [0.2, 0.25) is 0 Å². The summed E-state index contributed by atoms with van der Waals surface area (Å²) in [4.78, 5) is 20.9. The molecule has 4 aromatic rings. The quantitative estimate of drug-likeness (QED) is 0.351. The second-order valence-electron chi connectivity index (χ2n) is 9.49. The number of imidazole rings is 1. The molecule has 1 aliphatic heterocycles. The lowest BCUT2D eigenvalue weighted by Gasteiger charge is -2.30. The number of amides is 1. The Labute approximate surface area is 216 Å². The summed E-state index contributed by atoms with van der Waals surface area (Å²) in [6.45, 7) is 4.74. The summed E-state index contributed by atoms with van der Waals surface area (Å²) in [6, 6.07) is 21.1. The van der Waals surface area contributed by atoms with Gasteiger partial charge in [0, 0.05) is 30.3 Å². The number of nitrogens with zero attached hydrogens (tertiary/aromatic N) is 2. The lowest BCUT2D eigenvalue weighted by atomic mass is 9.97. The first-order chi connectivity index (χ1) is 17.8. The van der Waals surface area contributed by atoms with E-state index >= 15 is 0 Å². The Bertz CT molecular complexity index is 1450. The average molecular weight is 519 g/mol. The largest absolute Gasteiger partial charge is 0.491 e. The number of nitrogens with one attached hydrogen (secondary N) is 2. The Kier molecular flexibility index (Phi) is 6.99. The predicted molar refractivity (Wildman–Crippen MR) is 143 cm³/mol. The molecule has 1 amide bonds. The molecule has 0 radical (unpaired) electrons. The normalized spacial score (nSPS) is 15.2. The number of aromatic nitrogens is 2. The lowest BCUT2D eigenvalue weighted by molar-refractivity contribution is 0.102. The maximum Gasteiger partial charge on any atom is 0.255 e. The standard InChI is InChI=1S/C28H30N4O4S/c1-19(2)36-23-11-7-21(8-12-23)28(33)29-22-9-13-24(14-10-22)37(34,35)32-17-15-20(16-18-32)27-30-25-5-3-4-6-26(25)31-27/h3-14,19-20H,15-18H2,1-2H3,(H,29,33)(H,30,31). The summed E-state index contributed by atoms with van der Waals surface area (Å²) < 4.78 is 33.6. The zero-order valence-electron chi connectivity index (χ0n) is 20.8. The summed E-state index contributed by atoms with van der Waals surface area (Å²) in [5, 5.41) is 2.81. The second-order valence-corrected chi connectivity index (χ2v) is 11.4. The third kappa shape index (κ3) is 5.52. The highest BCUT2D eigenvalue weighted by atomic mass is 32.2. The van der Waals surface area contributed by atoms with E-state index in [4.69, 9.17) is 4.74 Å². The number of anilines is 1. The fourth-order valence-electron chi connectivity index (χ4n) is 4.56. The number of benzene rings is 3. The van der Waals surface area contributed by atoms with Crippen molar-refractivity contribution >= 4 is 32.7 Å². The van der Waals surface area contributed by atoms with Crippen molar-refractivity contribution in [2.45, 2.75) is 43.6 Å². The van der Waals surface area contributed by atoms with Crippen LogP contribution in [0.4, 0.5) is 5.69 Å². The SMILES string of the molecule is CC(C)Oc1ccc(C(=O)Nc2ccc(S(=O)(=O)N3CCC(c4nc5ccccc5[nH]4)CC3)cc2)cc1. The molecule has 0 spiro atoms. The summed E-state index contributed by atoms with van der Waals surface area (Å²) >= 11 is 0. The van der Waals surface area contributed by atoms with Crippen molar-refractivity contribution in [3.63, 3.8) is 0 Å². The van der Waals surface area contributed by atoms with Gasteiger partial charge in [-0.3, -0.25) is 4.79 Å². The number of rotatable bonds is 7. The summed E-state index contributed by atoms with van der Waals surface area (Å²) in [5.41, 5.74) is 2.93. The number of carbonyl (C=O) groups is 1. The van der Waals surface area contributed by atoms with Gasteiger partial charge in [0.05, 0.1) is 22.0 Å². The van der Waals surface area contributed by atoms with Crippen LogP contribution in [-0.2, 0) is 10.0 Å². The van der Waals surface area contributed by atoms with Gasteiger partial charge in [-0.05, 0) is 87.4 Å². The van der Waals surface area contributed by atoms with E-state index in [2.05, 4.69) is 15.3 Å². The highest BCUT2D eigenvalue weighted by Gasteiger charge is 2.31. The minimum atomic E-state index is -3.63. The molecule has 37 heavy (non-hydrogen) atoms. The molecule has 1 fully saturated rings. The third-order valence-electron chi connectivity index (χ3n) is 6.49. The Balaban J connectivity index is 1.20. The fourth-order valence-corrected chi connectivity index (χ4v) is 6.02. The molecule has 0 atom stereocenters. The van der Waals surface area contributed by atoms with Crippen molar-refractivity contribution in [1.29, 1.82) is 0 Å². The molecule has 2 N–H and O–H groups in total. The maximum absolute atomic E-state index is 13.2. The Hall–Kier alpha value is -3.69. The smallest absolute Gasteiger partial charge is 0.255 e. The zero-order chi connectivity index (χ0) is 26.0. The number of carbonyl (C=O) groups excluding carboxylic acids is 1. The average Bonchev–Trinajstić information content (AvgIpc) is 3.34. The Morgan fingerprint density at radius 3 is 2.32 bits per heavy atom. The van der Waals surface area contributed by atoms with Crippen molar-refractivity contribution in [1.82, 2.24) is 14.3 Å². The number of H-pyrrole nitrogens is 1. The molecule has 1 aliphatic rings. The van der Waals surface area contributed by atoms with E-state index in [0.29, 0.717) is 42.9 Å². The number of aromatic amines is 1. The van der Waals surface area contributed by atoms with Crippen LogP contribution in [0.15, 0.2) is 77.7 Å². The van der Waals surface area contributed by atoms with Gasteiger partial charge in [0.25, 0.3) is 5.91 Å². The summed E-state index contributed by atoms with van der Waals surface area (Å²) in [6.07, 6.45) is 1.46. The molecule has 0 aliphatic carbocycles. The number of fused-ring (bicyclic) bond motifs is 1. The molecule has 1 aromatic heterocycles. The summed E-state index contributed by atoms with van der Waals surface area (Å²) in [7, 11) is -3.63. The molecule has 192 valence electrons. The first-order valence-electron chi connectivity index (χ1n) is 12.4. The second kappa shape index (κ2) is 10.4. The summed E-state index contributed by atoms with van der Waals surface area (Å²) in [5.74, 6) is 1.53. The highest BCUT2D eigenvalue weighted by Crippen LogP contribution is 2.30. The van der Waals surface area contributed by atoms with Crippen molar-refractivity contribution < 1.29 is 17.9 Å². The van der Waals surface area contributed by atoms with Gasteiger partial charge >= 0.3 is 0 Å². The van der Waals surface area contributed by atoms with Crippen LogP contribution in [0.1, 0.15) is 48.8 Å². The number of sulfonamides is 1. The van der Waals surface area contributed by atoms with Crippen molar-refractivity contribution in [2.75, 3.05) is 18.4 Å². The van der Waals surface area contributed by atoms with Crippen LogP contribution in [0.3, 0.4) is 0 Å². The van der Waals surface area contributed by atoms with Gasteiger partial charge in [0.1, 0.15) is 11.6 Å². The number of para-hydroxylation sites is 2. The molecule has 2 heterocycles. The van der Waals surface area contributed by atoms with Crippen LogP contribution in [0, 0.1) is 0 Å². The van der Waals surface area contributed by atoms with Gasteiger partial charge in [-0.2, -0.15) is 4.31 Å². The molecule has 0 unspecified atom stereocenters. The molecule has 8 nitrogen and oxygen atoms in total.